The van der Waals surface area contributed by atoms with Crippen molar-refractivity contribution in [2.45, 2.75) is 38.8 Å². The average molecular weight is 427 g/mol. The predicted molar refractivity (Wildman–Crippen MR) is 114 cm³/mol. The molecule has 31 heavy (non-hydrogen) atoms. The molecule has 0 aromatic heterocycles. The van der Waals surface area contributed by atoms with Crippen LogP contribution >= 0.6 is 0 Å². The van der Waals surface area contributed by atoms with Crippen LogP contribution in [0.3, 0.4) is 0 Å². The topological polar surface area (TPSA) is 108 Å². The van der Waals surface area contributed by atoms with Gasteiger partial charge in [-0.2, -0.15) is 0 Å². The molecule has 1 unspecified atom stereocenters. The predicted octanol–water partition coefficient (Wildman–Crippen LogP) is 3.02. The summed E-state index contributed by atoms with van der Waals surface area (Å²) < 4.78 is 5.63. The first-order valence-electron chi connectivity index (χ1n) is 10.1. The molecule has 9 nitrogen and oxygen atoms in total. The average Bonchev–Trinajstić information content (AvgIpc) is 3.14. The van der Waals surface area contributed by atoms with Crippen molar-refractivity contribution in [3.8, 4) is 5.75 Å². The van der Waals surface area contributed by atoms with Gasteiger partial charge in [0, 0.05) is 23.9 Å². The Balaban J connectivity index is 1.85. The van der Waals surface area contributed by atoms with E-state index < -0.39 is 23.5 Å². The first-order chi connectivity index (χ1) is 14.6. The molecule has 1 fully saturated rings. The van der Waals surface area contributed by atoms with Gasteiger partial charge in [-0.1, -0.05) is 12.1 Å². The molecule has 1 saturated heterocycles. The molecule has 164 valence electrons. The molecule has 0 spiro atoms. The molecule has 0 saturated carbocycles. The summed E-state index contributed by atoms with van der Waals surface area (Å²) in [6.45, 7) is 6.37. The third-order valence-corrected chi connectivity index (χ3v) is 5.34. The minimum absolute atomic E-state index is 0.216. The van der Waals surface area contributed by atoms with Crippen molar-refractivity contribution < 1.29 is 29.1 Å². The zero-order valence-electron chi connectivity index (χ0n) is 17.9. The summed E-state index contributed by atoms with van der Waals surface area (Å²) in [5.74, 6) is -0.574. The number of carbonyl (C=O) groups excluding carboxylic acids is 2. The van der Waals surface area contributed by atoms with Crippen molar-refractivity contribution in [1.29, 1.82) is 0 Å². The molecule has 2 heterocycles. The number of nitrogens with zero attached hydrogens (tertiary/aromatic N) is 2. The van der Waals surface area contributed by atoms with Crippen LogP contribution in [0.2, 0.25) is 0 Å². The fourth-order valence-electron chi connectivity index (χ4n) is 4.20. The fraction of sp³-hybridized carbons (Fsp3) is 0.409. The highest BCUT2D eigenvalue weighted by atomic mass is 16.7. The van der Waals surface area contributed by atoms with Crippen LogP contribution in [0.15, 0.2) is 24.3 Å². The molecule has 3 amide bonds. The molecule has 2 N–H and O–H groups in total. The van der Waals surface area contributed by atoms with Gasteiger partial charge in [0.15, 0.2) is 0 Å². The summed E-state index contributed by atoms with van der Waals surface area (Å²) in [4.78, 5) is 45.0. The van der Waals surface area contributed by atoms with E-state index in [9.17, 15) is 14.4 Å². The van der Waals surface area contributed by atoms with Crippen LogP contribution in [0.25, 0.3) is 10.8 Å². The van der Waals surface area contributed by atoms with E-state index in [4.69, 9.17) is 14.7 Å². The number of anilines is 1. The normalized spacial score (nSPS) is 18.6. The number of methoxy groups -OCH3 is 1. The fourth-order valence-corrected chi connectivity index (χ4v) is 4.20. The van der Waals surface area contributed by atoms with Gasteiger partial charge in [0.1, 0.15) is 5.75 Å². The number of hydroxylamine groups is 2. The van der Waals surface area contributed by atoms with Crippen molar-refractivity contribution in [2.24, 2.45) is 0 Å². The largest absolute Gasteiger partial charge is 0.495 e. The van der Waals surface area contributed by atoms with E-state index in [-0.39, 0.29) is 6.04 Å². The third kappa shape index (κ3) is 3.65. The molecule has 0 radical (unpaired) electrons. The Kier molecular flexibility index (Phi) is 5.01. The third-order valence-electron chi connectivity index (χ3n) is 5.34. The van der Waals surface area contributed by atoms with Gasteiger partial charge in [-0.05, 0) is 39.3 Å². The first kappa shape index (κ1) is 20.9. The molecule has 2 aliphatic heterocycles. The minimum Gasteiger partial charge on any atom is -0.495 e. The summed E-state index contributed by atoms with van der Waals surface area (Å²) >= 11 is 0. The number of hydrogen-bond acceptors (Lipinski definition) is 6. The van der Waals surface area contributed by atoms with Crippen LogP contribution in [0.1, 0.15) is 47.9 Å². The van der Waals surface area contributed by atoms with Gasteiger partial charge >= 0.3 is 6.09 Å². The van der Waals surface area contributed by atoms with Crippen LogP contribution < -0.4 is 15.0 Å². The van der Waals surface area contributed by atoms with Crippen LogP contribution in [-0.4, -0.2) is 59.9 Å². The zero-order chi connectivity index (χ0) is 22.5. The Morgan fingerprint density at radius 1 is 1.19 bits per heavy atom. The molecule has 0 aliphatic carbocycles. The molecular weight excluding hydrogens is 402 g/mol. The first-order valence-corrected chi connectivity index (χ1v) is 10.1. The zero-order valence-corrected chi connectivity index (χ0v) is 17.9. The van der Waals surface area contributed by atoms with E-state index in [0.717, 1.165) is 10.8 Å². The van der Waals surface area contributed by atoms with Crippen LogP contribution in [0.5, 0.6) is 5.75 Å². The van der Waals surface area contributed by atoms with Crippen LogP contribution in [0, 0.1) is 0 Å². The summed E-state index contributed by atoms with van der Waals surface area (Å²) in [5.41, 5.74) is 0.709. The van der Waals surface area contributed by atoms with Crippen molar-refractivity contribution in [3.05, 3.63) is 35.4 Å². The van der Waals surface area contributed by atoms with E-state index in [1.165, 1.54) is 7.11 Å². The smallest absolute Gasteiger partial charge is 0.404 e. The summed E-state index contributed by atoms with van der Waals surface area (Å²) in [6.07, 6.45) is -0.422. The Hall–Kier alpha value is -3.33. The number of benzene rings is 2. The molecule has 0 bridgehead atoms. The van der Waals surface area contributed by atoms with Gasteiger partial charge in [-0.15, -0.1) is 5.06 Å². The molecule has 1 atom stereocenters. The molecular formula is C22H25N3O6. The Morgan fingerprint density at radius 2 is 1.90 bits per heavy atom. The Bertz CT molecular complexity index is 1090. The number of ether oxygens (including phenoxy) is 1. The van der Waals surface area contributed by atoms with Crippen molar-refractivity contribution in [1.82, 2.24) is 10.4 Å². The van der Waals surface area contributed by atoms with Crippen LogP contribution in [0.4, 0.5) is 10.5 Å². The van der Waals surface area contributed by atoms with Crippen molar-refractivity contribution in [2.75, 3.05) is 25.1 Å². The van der Waals surface area contributed by atoms with Crippen molar-refractivity contribution in [3.63, 3.8) is 0 Å². The maximum atomic E-state index is 13.2. The SMILES string of the molecule is COc1cc2c3c(cccc3c1N1CCC(NC(=O)O)C1)C(=O)N(OC(C)(C)C)C2=O. The lowest BCUT2D eigenvalue weighted by molar-refractivity contribution is -0.168. The number of amides is 3. The molecule has 2 aromatic rings. The van der Waals surface area contributed by atoms with E-state index in [0.29, 0.717) is 47.2 Å². The lowest BCUT2D eigenvalue weighted by Crippen LogP contribution is -2.44. The summed E-state index contributed by atoms with van der Waals surface area (Å²) in [6, 6.07) is 6.70. The maximum absolute atomic E-state index is 13.2. The second kappa shape index (κ2) is 7.42. The molecule has 4 rings (SSSR count). The highest BCUT2D eigenvalue weighted by molar-refractivity contribution is 6.26. The standard InChI is InChI=1S/C22H25N3O6/c1-22(2,3)31-25-19(26)14-7-5-6-13-17(14)15(20(25)27)10-16(30-4)18(13)24-9-8-12(11-24)23-21(28)29/h5-7,10,12,23H,8-9,11H2,1-4H3,(H,28,29). The van der Waals surface area contributed by atoms with Gasteiger partial charge in [0.2, 0.25) is 0 Å². The number of hydrogen-bond donors (Lipinski definition) is 2. The van der Waals surface area contributed by atoms with Gasteiger partial charge in [-0.25, -0.2) is 4.79 Å². The Labute approximate surface area is 179 Å². The number of rotatable bonds is 4. The second-order valence-corrected chi connectivity index (χ2v) is 8.69. The minimum atomic E-state index is -1.06. The number of carbonyl (C=O) groups is 3. The Morgan fingerprint density at radius 3 is 2.55 bits per heavy atom. The van der Waals surface area contributed by atoms with Gasteiger partial charge in [0.25, 0.3) is 11.8 Å². The van der Waals surface area contributed by atoms with E-state index in [1.807, 2.05) is 11.0 Å². The summed E-state index contributed by atoms with van der Waals surface area (Å²) in [7, 11) is 1.52. The lowest BCUT2D eigenvalue weighted by atomic mass is 9.93. The van der Waals surface area contributed by atoms with E-state index in [1.54, 1.807) is 39.0 Å². The number of carboxylic acid groups (broad SMARTS) is 1. The molecule has 2 aromatic carbocycles. The number of imide groups is 1. The van der Waals surface area contributed by atoms with Crippen molar-refractivity contribution >= 4 is 34.4 Å². The van der Waals surface area contributed by atoms with E-state index in [2.05, 4.69) is 5.32 Å². The summed E-state index contributed by atoms with van der Waals surface area (Å²) in [5, 5.41) is 13.6. The molecule has 9 heteroatoms. The highest BCUT2D eigenvalue weighted by Gasteiger charge is 2.39. The lowest BCUT2D eigenvalue weighted by Gasteiger charge is -2.33. The quantitative estimate of drug-likeness (QED) is 0.722. The van der Waals surface area contributed by atoms with Gasteiger partial charge in [0.05, 0.1) is 35.6 Å². The number of nitrogens with one attached hydrogen (secondary N) is 1. The van der Waals surface area contributed by atoms with Gasteiger partial charge in [-0.3, -0.25) is 14.4 Å². The van der Waals surface area contributed by atoms with Gasteiger partial charge < -0.3 is 20.1 Å². The monoisotopic (exact) mass is 427 g/mol. The maximum Gasteiger partial charge on any atom is 0.404 e. The second-order valence-electron chi connectivity index (χ2n) is 8.69. The van der Waals surface area contributed by atoms with E-state index >= 15 is 0 Å². The molecule has 2 aliphatic rings. The highest BCUT2D eigenvalue weighted by Crippen LogP contribution is 2.43. The van der Waals surface area contributed by atoms with Crippen LogP contribution in [-0.2, 0) is 4.84 Å².